The van der Waals surface area contributed by atoms with Gasteiger partial charge in [0.15, 0.2) is 5.96 Å². The summed E-state index contributed by atoms with van der Waals surface area (Å²) in [4.78, 5) is 43.2. The van der Waals surface area contributed by atoms with Gasteiger partial charge < -0.3 is 11.1 Å². The van der Waals surface area contributed by atoms with E-state index in [9.17, 15) is 9.59 Å². The van der Waals surface area contributed by atoms with E-state index in [4.69, 9.17) is 5.73 Å². The predicted molar refractivity (Wildman–Crippen MR) is 115 cm³/mol. The van der Waals surface area contributed by atoms with E-state index >= 15 is 0 Å². The van der Waals surface area contributed by atoms with Crippen molar-refractivity contribution in [1.82, 2.24) is 19.9 Å². The Balaban J connectivity index is 1.75. The fraction of sp³-hybridized carbons (Fsp3) is 0.333. The average Bonchev–Trinajstić information content (AvgIpc) is 2.73. The van der Waals surface area contributed by atoms with Crippen LogP contribution in [-0.2, 0) is 10.3 Å². The largest absolute Gasteiger partial charge is 0.369 e. The molecule has 9 heteroatoms. The molecular weight excluding hydrogens is 382 g/mol. The summed E-state index contributed by atoms with van der Waals surface area (Å²) in [5.74, 6) is -0.408. The Bertz CT molecular complexity index is 1000. The number of guanidine groups is 1. The van der Waals surface area contributed by atoms with Crippen LogP contribution in [-0.4, -0.2) is 44.7 Å². The summed E-state index contributed by atoms with van der Waals surface area (Å²) < 4.78 is 0. The van der Waals surface area contributed by atoms with Gasteiger partial charge >= 0.3 is 0 Å². The summed E-state index contributed by atoms with van der Waals surface area (Å²) in [6.45, 7) is 3.88. The standard InChI is InChI=1S/C21H25N7O2/c1-4-5-6-7-15-12-25-16(13-24-15)19(30)26-14-8-9-23-17(10-14)21(2)11-18(29)28(3)20(22)27-21/h6-10,12-13H,4-5,11H2,1-3H3,(H2,22,27)(H,23,26,30)/b7-6+. The lowest BCUT2D eigenvalue weighted by molar-refractivity contribution is -0.128. The number of carbonyl (C=O) groups excluding carboxylic acids is 2. The van der Waals surface area contributed by atoms with Crippen molar-refractivity contribution in [3.05, 3.63) is 53.9 Å². The molecule has 2 aromatic heterocycles. The summed E-state index contributed by atoms with van der Waals surface area (Å²) in [7, 11) is 1.58. The maximum Gasteiger partial charge on any atom is 0.275 e. The smallest absolute Gasteiger partial charge is 0.275 e. The van der Waals surface area contributed by atoms with E-state index in [0.29, 0.717) is 17.1 Å². The summed E-state index contributed by atoms with van der Waals surface area (Å²) in [5, 5.41) is 2.78. The third-order valence-corrected chi connectivity index (χ3v) is 4.79. The van der Waals surface area contributed by atoms with Crippen LogP contribution in [0.5, 0.6) is 0 Å². The number of aromatic nitrogens is 3. The number of nitrogens with zero attached hydrogens (tertiary/aromatic N) is 5. The van der Waals surface area contributed by atoms with E-state index in [-0.39, 0.29) is 24.0 Å². The molecule has 0 bridgehead atoms. The molecule has 3 heterocycles. The van der Waals surface area contributed by atoms with Crippen molar-refractivity contribution in [3.63, 3.8) is 0 Å². The first-order valence-corrected chi connectivity index (χ1v) is 9.71. The minimum atomic E-state index is -0.902. The van der Waals surface area contributed by atoms with Gasteiger partial charge in [-0.15, -0.1) is 0 Å². The number of nitrogens with one attached hydrogen (secondary N) is 1. The third-order valence-electron chi connectivity index (χ3n) is 4.79. The van der Waals surface area contributed by atoms with E-state index in [1.807, 2.05) is 12.2 Å². The molecule has 0 spiro atoms. The molecule has 30 heavy (non-hydrogen) atoms. The molecule has 0 aliphatic carbocycles. The number of hydrogen-bond donors (Lipinski definition) is 2. The average molecular weight is 407 g/mol. The second kappa shape index (κ2) is 8.81. The molecular formula is C21H25N7O2. The number of anilines is 1. The lowest BCUT2D eigenvalue weighted by Gasteiger charge is -2.32. The van der Waals surface area contributed by atoms with E-state index in [2.05, 4.69) is 32.2 Å². The Morgan fingerprint density at radius 3 is 2.80 bits per heavy atom. The van der Waals surface area contributed by atoms with Crippen LogP contribution in [0.2, 0.25) is 0 Å². The van der Waals surface area contributed by atoms with E-state index < -0.39 is 11.4 Å². The first-order chi connectivity index (χ1) is 14.3. The van der Waals surface area contributed by atoms with Gasteiger partial charge in [-0.05, 0) is 31.6 Å². The molecule has 0 fully saturated rings. The van der Waals surface area contributed by atoms with Crippen LogP contribution in [0, 0.1) is 0 Å². The number of nitrogens with two attached hydrogens (primary N) is 1. The zero-order valence-electron chi connectivity index (χ0n) is 17.3. The monoisotopic (exact) mass is 407 g/mol. The zero-order chi connectivity index (χ0) is 21.7. The number of hydrogen-bond acceptors (Lipinski definition) is 7. The molecule has 3 N–H and O–H groups in total. The molecule has 1 aliphatic rings. The van der Waals surface area contributed by atoms with Crippen molar-refractivity contribution in [2.75, 3.05) is 12.4 Å². The van der Waals surface area contributed by atoms with Gasteiger partial charge in [-0.25, -0.2) is 9.98 Å². The number of allylic oxidation sites excluding steroid dienone is 1. The first kappa shape index (κ1) is 21.1. The van der Waals surface area contributed by atoms with Crippen molar-refractivity contribution in [2.45, 2.75) is 38.6 Å². The molecule has 1 aliphatic heterocycles. The number of amides is 2. The van der Waals surface area contributed by atoms with Crippen LogP contribution < -0.4 is 11.1 Å². The lowest BCUT2D eigenvalue weighted by atomic mass is 9.91. The third kappa shape index (κ3) is 4.68. The van der Waals surface area contributed by atoms with Gasteiger partial charge in [0.2, 0.25) is 5.91 Å². The topological polar surface area (TPSA) is 126 Å². The van der Waals surface area contributed by atoms with Gasteiger partial charge in [-0.2, -0.15) is 0 Å². The van der Waals surface area contributed by atoms with Gasteiger partial charge in [0, 0.05) is 18.9 Å². The fourth-order valence-electron chi connectivity index (χ4n) is 2.97. The van der Waals surface area contributed by atoms with Crippen molar-refractivity contribution in [1.29, 1.82) is 0 Å². The van der Waals surface area contributed by atoms with Gasteiger partial charge in [-0.3, -0.25) is 24.5 Å². The highest BCUT2D eigenvalue weighted by Crippen LogP contribution is 2.32. The molecule has 2 aromatic rings. The maximum absolute atomic E-state index is 12.5. The second-order valence-electron chi connectivity index (χ2n) is 7.27. The van der Waals surface area contributed by atoms with Crippen LogP contribution >= 0.6 is 0 Å². The van der Waals surface area contributed by atoms with E-state index in [0.717, 1.165) is 12.8 Å². The molecule has 0 saturated heterocycles. The molecule has 156 valence electrons. The Kier molecular flexibility index (Phi) is 6.20. The number of rotatable bonds is 6. The quantitative estimate of drug-likeness (QED) is 0.757. The number of carbonyl (C=O) groups is 2. The maximum atomic E-state index is 12.5. The molecule has 1 atom stereocenters. The minimum absolute atomic E-state index is 0.132. The van der Waals surface area contributed by atoms with Crippen molar-refractivity contribution < 1.29 is 9.59 Å². The normalized spacial score (nSPS) is 19.1. The Morgan fingerprint density at radius 2 is 2.13 bits per heavy atom. The van der Waals surface area contributed by atoms with Crippen molar-refractivity contribution in [3.8, 4) is 0 Å². The molecule has 0 radical (unpaired) electrons. The highest BCUT2D eigenvalue weighted by molar-refractivity contribution is 6.02. The molecule has 0 aromatic carbocycles. The summed E-state index contributed by atoms with van der Waals surface area (Å²) in [6.07, 6.45) is 10.6. The Morgan fingerprint density at radius 1 is 1.33 bits per heavy atom. The minimum Gasteiger partial charge on any atom is -0.369 e. The number of aliphatic imine (C=N–C) groups is 1. The summed E-state index contributed by atoms with van der Waals surface area (Å²) in [6, 6.07) is 3.34. The van der Waals surface area contributed by atoms with Gasteiger partial charge in [0.1, 0.15) is 11.2 Å². The van der Waals surface area contributed by atoms with Gasteiger partial charge in [0.25, 0.3) is 5.91 Å². The van der Waals surface area contributed by atoms with Crippen LogP contribution in [0.1, 0.15) is 55.0 Å². The molecule has 0 saturated carbocycles. The Hall–Kier alpha value is -3.62. The molecule has 2 amide bonds. The van der Waals surface area contributed by atoms with Crippen LogP contribution in [0.15, 0.2) is 41.8 Å². The zero-order valence-corrected chi connectivity index (χ0v) is 17.3. The predicted octanol–water partition coefficient (Wildman–Crippen LogP) is 2.33. The molecule has 1 unspecified atom stereocenters. The van der Waals surface area contributed by atoms with Crippen LogP contribution in [0.25, 0.3) is 6.08 Å². The van der Waals surface area contributed by atoms with Crippen molar-refractivity contribution >= 4 is 29.5 Å². The first-order valence-electron chi connectivity index (χ1n) is 9.71. The highest BCUT2D eigenvalue weighted by atomic mass is 16.2. The van der Waals surface area contributed by atoms with Crippen LogP contribution in [0.4, 0.5) is 5.69 Å². The highest BCUT2D eigenvalue weighted by Gasteiger charge is 2.37. The van der Waals surface area contributed by atoms with E-state index in [1.54, 1.807) is 38.5 Å². The number of pyridine rings is 1. The summed E-state index contributed by atoms with van der Waals surface area (Å²) in [5.41, 5.74) is 6.90. The SMILES string of the molecule is CCC/C=C/c1cnc(C(=O)Nc2ccnc(C3(C)CC(=O)N(C)C(N)=N3)c2)cn1. The molecule has 3 rings (SSSR count). The fourth-order valence-corrected chi connectivity index (χ4v) is 2.97. The molecule has 9 nitrogen and oxygen atoms in total. The Labute approximate surface area is 175 Å². The summed E-state index contributed by atoms with van der Waals surface area (Å²) >= 11 is 0. The van der Waals surface area contributed by atoms with Crippen LogP contribution in [0.3, 0.4) is 0 Å². The van der Waals surface area contributed by atoms with Gasteiger partial charge in [0.05, 0.1) is 30.2 Å². The van der Waals surface area contributed by atoms with E-state index in [1.165, 1.54) is 11.1 Å². The number of unbranched alkanes of at least 4 members (excludes halogenated alkanes) is 1. The van der Waals surface area contributed by atoms with Crippen molar-refractivity contribution in [2.24, 2.45) is 10.7 Å². The second-order valence-corrected chi connectivity index (χ2v) is 7.27. The lowest BCUT2D eigenvalue weighted by Crippen LogP contribution is -2.47. The van der Waals surface area contributed by atoms with Gasteiger partial charge in [-0.1, -0.05) is 19.4 Å².